The second-order valence-corrected chi connectivity index (χ2v) is 9.63. The van der Waals surface area contributed by atoms with Gasteiger partial charge in [0.1, 0.15) is 6.29 Å². The maximum Gasteiger partial charge on any atom is 0.324 e. The molecule has 1 fully saturated rings. The first-order valence-electron chi connectivity index (χ1n) is 11.0. The number of anilines is 1. The first kappa shape index (κ1) is 27.9. The lowest BCUT2D eigenvalue weighted by Crippen LogP contribution is -2.48. The van der Waals surface area contributed by atoms with Gasteiger partial charge >= 0.3 is 12.5 Å². The molecule has 1 aliphatic heterocycles. The van der Waals surface area contributed by atoms with E-state index < -0.39 is 24.0 Å². The van der Waals surface area contributed by atoms with Crippen molar-refractivity contribution >= 4 is 28.7 Å². The van der Waals surface area contributed by atoms with Crippen LogP contribution in [0.2, 0.25) is 0 Å². The van der Waals surface area contributed by atoms with Crippen LogP contribution in [0.5, 0.6) is 0 Å². The summed E-state index contributed by atoms with van der Waals surface area (Å²) in [5.41, 5.74) is 0.925. The molecule has 0 saturated carbocycles. The molecule has 2 aromatic heterocycles. The van der Waals surface area contributed by atoms with Crippen LogP contribution in [0.3, 0.4) is 0 Å². The van der Waals surface area contributed by atoms with E-state index >= 15 is 0 Å². The van der Waals surface area contributed by atoms with Crippen LogP contribution in [0.1, 0.15) is 24.9 Å². The number of aromatic nitrogens is 3. The van der Waals surface area contributed by atoms with Gasteiger partial charge in [0.25, 0.3) is 5.89 Å². The summed E-state index contributed by atoms with van der Waals surface area (Å²) in [6.07, 6.45) is -0.790. The lowest BCUT2D eigenvalue weighted by Gasteiger charge is -2.33. The van der Waals surface area contributed by atoms with Gasteiger partial charge in [0.2, 0.25) is 5.89 Å². The van der Waals surface area contributed by atoms with Crippen molar-refractivity contribution in [2.45, 2.75) is 19.9 Å². The third kappa shape index (κ3) is 7.18. The summed E-state index contributed by atoms with van der Waals surface area (Å²) < 4.78 is 62.0. The number of amides is 2. The molecule has 3 heterocycles. The summed E-state index contributed by atoms with van der Waals surface area (Å²) in [6.45, 7) is 2.40. The molecule has 198 valence electrons. The normalized spacial score (nSPS) is 13.6. The zero-order chi connectivity index (χ0) is 26.9. The number of hydrogen-bond acceptors (Lipinski definition) is 7. The number of hydrogen-bond donors (Lipinski definition) is 0. The van der Waals surface area contributed by atoms with Crippen molar-refractivity contribution in [3.05, 3.63) is 59.7 Å². The van der Waals surface area contributed by atoms with Gasteiger partial charge in [-0.1, -0.05) is 10.7 Å². The summed E-state index contributed by atoms with van der Waals surface area (Å²) in [4.78, 5) is 29.4. The topological polar surface area (TPSA) is 105 Å². The van der Waals surface area contributed by atoms with E-state index in [1.54, 1.807) is 18.0 Å². The molecule has 3 aromatic rings. The number of aldehydes is 1. The fourth-order valence-corrected chi connectivity index (χ4v) is 4.79. The van der Waals surface area contributed by atoms with Gasteiger partial charge in [-0.15, -0.1) is 10.2 Å². The van der Waals surface area contributed by atoms with Crippen molar-refractivity contribution in [2.24, 2.45) is 4.36 Å². The van der Waals surface area contributed by atoms with Gasteiger partial charge in [0.15, 0.2) is 11.6 Å². The molecule has 1 saturated heterocycles. The minimum Gasteiger partial charge on any atom is -0.415 e. The third-order valence-corrected chi connectivity index (χ3v) is 7.01. The number of carbonyl (C=O) groups is 2. The first-order chi connectivity index (χ1) is 17.8. The molecule has 9 nitrogen and oxygen atoms in total. The van der Waals surface area contributed by atoms with E-state index in [4.69, 9.17) is 9.21 Å². The molecule has 0 atom stereocenters. The molecule has 1 aromatic carbocycles. The highest BCUT2D eigenvalue weighted by Gasteiger charge is 2.26. The Bertz CT molecular complexity index is 1250. The van der Waals surface area contributed by atoms with E-state index in [0.717, 1.165) is 29.9 Å². The zero-order valence-corrected chi connectivity index (χ0v) is 20.8. The SMILES string of the molecule is CC=O.CN=S1CCN(C(=O)N(Cc2ccc(-c3nnc(C(F)F)o3)cn2)c2ccc(F)c(F)c2)CC1. The zero-order valence-electron chi connectivity index (χ0n) is 20.0. The lowest BCUT2D eigenvalue weighted by molar-refractivity contribution is -0.106. The average molecular weight is 541 g/mol. The van der Waals surface area contributed by atoms with Crippen molar-refractivity contribution < 1.29 is 31.6 Å². The summed E-state index contributed by atoms with van der Waals surface area (Å²) in [5.74, 6) is -1.53. The molecule has 0 spiro atoms. The molecule has 0 bridgehead atoms. The Morgan fingerprint density at radius 2 is 1.89 bits per heavy atom. The molecule has 0 aliphatic carbocycles. The Labute approximate surface area is 212 Å². The molecular weight excluding hydrogens is 516 g/mol. The van der Waals surface area contributed by atoms with Crippen LogP contribution in [0.4, 0.5) is 28.0 Å². The van der Waals surface area contributed by atoms with Crippen molar-refractivity contribution in [1.29, 1.82) is 0 Å². The van der Waals surface area contributed by atoms with Crippen LogP contribution in [0.25, 0.3) is 11.5 Å². The van der Waals surface area contributed by atoms with Crippen LogP contribution in [0.15, 0.2) is 45.3 Å². The highest BCUT2D eigenvalue weighted by Crippen LogP contribution is 2.25. The number of nitrogens with zero attached hydrogens (tertiary/aromatic N) is 6. The van der Waals surface area contributed by atoms with Crippen LogP contribution in [-0.2, 0) is 22.0 Å². The fourth-order valence-electron chi connectivity index (χ4n) is 3.36. The second kappa shape index (κ2) is 13.0. The van der Waals surface area contributed by atoms with Gasteiger partial charge in [-0.2, -0.15) is 8.78 Å². The van der Waals surface area contributed by atoms with Crippen LogP contribution in [-0.4, -0.2) is 64.0 Å². The van der Waals surface area contributed by atoms with E-state index in [9.17, 15) is 22.4 Å². The number of urea groups is 1. The first-order valence-corrected chi connectivity index (χ1v) is 12.5. The van der Waals surface area contributed by atoms with Crippen molar-refractivity contribution in [3.8, 4) is 11.5 Å². The van der Waals surface area contributed by atoms with Gasteiger partial charge < -0.3 is 14.1 Å². The van der Waals surface area contributed by atoms with Gasteiger partial charge in [0.05, 0.1) is 17.8 Å². The van der Waals surface area contributed by atoms with E-state index in [0.29, 0.717) is 24.3 Å². The minimum absolute atomic E-state index is 0.0311. The molecule has 2 amide bonds. The summed E-state index contributed by atoms with van der Waals surface area (Å²) in [6, 6.07) is 5.97. The maximum atomic E-state index is 14.0. The molecule has 4 rings (SSSR count). The molecule has 14 heteroatoms. The van der Waals surface area contributed by atoms with Gasteiger partial charge in [-0.3, -0.25) is 14.2 Å². The van der Waals surface area contributed by atoms with Gasteiger partial charge in [-0.05, 0) is 31.2 Å². The van der Waals surface area contributed by atoms with E-state index in [2.05, 4.69) is 19.5 Å². The molecule has 0 unspecified atom stereocenters. The number of benzene rings is 1. The quantitative estimate of drug-likeness (QED) is 0.350. The lowest BCUT2D eigenvalue weighted by atomic mass is 10.2. The van der Waals surface area contributed by atoms with E-state index in [1.807, 2.05) is 0 Å². The monoisotopic (exact) mass is 540 g/mol. The smallest absolute Gasteiger partial charge is 0.324 e. The Morgan fingerprint density at radius 1 is 1.19 bits per heavy atom. The minimum atomic E-state index is -2.89. The third-order valence-electron chi connectivity index (χ3n) is 5.19. The van der Waals surface area contributed by atoms with Crippen molar-refractivity contribution in [3.63, 3.8) is 0 Å². The van der Waals surface area contributed by atoms with Gasteiger partial charge in [-0.25, -0.2) is 13.6 Å². The largest absolute Gasteiger partial charge is 0.415 e. The number of alkyl halides is 2. The molecule has 37 heavy (non-hydrogen) atoms. The summed E-state index contributed by atoms with van der Waals surface area (Å²) in [7, 11) is 1.67. The van der Waals surface area contributed by atoms with Crippen LogP contribution in [0, 0.1) is 11.6 Å². The number of pyridine rings is 1. The maximum absolute atomic E-state index is 14.0. The summed E-state index contributed by atoms with van der Waals surface area (Å²) >= 11 is 0. The number of rotatable bonds is 5. The Morgan fingerprint density at radius 3 is 2.43 bits per heavy atom. The second-order valence-electron chi connectivity index (χ2n) is 7.53. The fraction of sp³-hybridized carbons (Fsp3) is 0.348. The molecule has 0 N–H and O–H groups in total. The number of halogens is 4. The highest BCUT2D eigenvalue weighted by molar-refractivity contribution is 7.87. The highest BCUT2D eigenvalue weighted by atomic mass is 32.2. The van der Waals surface area contributed by atoms with Gasteiger partial charge in [0, 0.05) is 49.6 Å². The predicted octanol–water partition coefficient (Wildman–Crippen LogP) is 4.43. The average Bonchev–Trinajstić information content (AvgIpc) is 3.40. The molecular formula is C23H24F4N6O3S. The Balaban J connectivity index is 0.00000121. The molecule has 0 radical (unpaired) electrons. The van der Waals surface area contributed by atoms with Crippen LogP contribution >= 0.6 is 0 Å². The standard InChI is InChI=1S/C21H20F4N6O2S.C2H4O/c1-26-34-8-6-30(7-9-34)21(32)31(15-4-5-16(22)17(23)10-15)12-14-3-2-13(11-27-14)19-28-29-20(33-19)18(24)25;1-2-3/h2-5,10-11,18H,6-9,12H2,1H3;2H,1H3. The number of carbonyl (C=O) groups excluding carboxylic acids is 2. The van der Waals surface area contributed by atoms with Crippen LogP contribution < -0.4 is 4.90 Å². The van der Waals surface area contributed by atoms with Crippen molar-refractivity contribution in [2.75, 3.05) is 36.5 Å². The van der Waals surface area contributed by atoms with Crippen molar-refractivity contribution in [1.82, 2.24) is 20.1 Å². The van der Waals surface area contributed by atoms with E-state index in [1.165, 1.54) is 30.2 Å². The molecule has 1 aliphatic rings. The van der Waals surface area contributed by atoms with E-state index in [-0.39, 0.29) is 34.8 Å². The Kier molecular flexibility index (Phi) is 9.83. The Hall–Kier alpha value is -3.68. The summed E-state index contributed by atoms with van der Waals surface area (Å²) in [5, 5.41) is 6.85. The predicted molar refractivity (Wildman–Crippen MR) is 129 cm³/mol.